The molecule has 25 heavy (non-hydrogen) atoms. The number of aryl methyl sites for hydroxylation is 1. The minimum absolute atomic E-state index is 0.0467. The average Bonchev–Trinajstić information content (AvgIpc) is 2.94. The number of carbonyl (C=O) groups excluding carboxylic acids is 1. The van der Waals surface area contributed by atoms with Crippen molar-refractivity contribution in [2.45, 2.75) is 27.2 Å². The zero-order valence-corrected chi connectivity index (χ0v) is 14.8. The molecule has 1 heterocycles. The Kier molecular flexibility index (Phi) is 4.98. The molecule has 4 nitrogen and oxygen atoms in total. The van der Waals surface area contributed by atoms with E-state index < -0.39 is 0 Å². The maximum atomic E-state index is 12.5. The highest BCUT2D eigenvalue weighted by atomic mass is 16.5. The highest BCUT2D eigenvalue weighted by Gasteiger charge is 2.16. The van der Waals surface area contributed by atoms with Gasteiger partial charge in [0.2, 0.25) is 0 Å². The van der Waals surface area contributed by atoms with E-state index in [-0.39, 0.29) is 12.5 Å². The van der Waals surface area contributed by atoms with E-state index in [0.717, 1.165) is 34.5 Å². The molecule has 0 saturated carbocycles. The van der Waals surface area contributed by atoms with Crippen molar-refractivity contribution in [2.24, 2.45) is 0 Å². The van der Waals surface area contributed by atoms with Crippen molar-refractivity contribution < 1.29 is 9.53 Å². The highest BCUT2D eigenvalue weighted by Crippen LogP contribution is 2.29. The van der Waals surface area contributed by atoms with E-state index in [2.05, 4.69) is 12.0 Å². The van der Waals surface area contributed by atoms with E-state index >= 15 is 0 Å². The zero-order chi connectivity index (χ0) is 17.8. The molecule has 0 radical (unpaired) electrons. The molecule has 0 aliphatic heterocycles. The Morgan fingerprint density at radius 2 is 1.72 bits per heavy atom. The molecule has 0 aliphatic rings. The standard InChI is InChI=1S/C21H22N2O2/c1-4-18-15(2)22-23(16(18)3)21(24)14-25-20-13-9-8-12-19(20)17-10-6-5-7-11-17/h5-13H,4,14H2,1-3H3. The Hall–Kier alpha value is -2.88. The van der Waals surface area contributed by atoms with E-state index in [1.165, 1.54) is 4.68 Å². The summed E-state index contributed by atoms with van der Waals surface area (Å²) in [5.41, 5.74) is 4.95. The van der Waals surface area contributed by atoms with Gasteiger partial charge in [-0.15, -0.1) is 0 Å². The quantitative estimate of drug-likeness (QED) is 0.692. The Labute approximate surface area is 148 Å². The second-order valence-electron chi connectivity index (χ2n) is 5.96. The van der Waals surface area contributed by atoms with E-state index in [1.807, 2.05) is 68.4 Å². The molecule has 0 fully saturated rings. The van der Waals surface area contributed by atoms with Gasteiger partial charge < -0.3 is 4.74 Å². The van der Waals surface area contributed by atoms with Gasteiger partial charge in [0.05, 0.1) is 5.69 Å². The van der Waals surface area contributed by atoms with E-state index in [1.54, 1.807) is 0 Å². The second kappa shape index (κ2) is 7.34. The fourth-order valence-corrected chi connectivity index (χ4v) is 3.08. The summed E-state index contributed by atoms with van der Waals surface area (Å²) in [4.78, 5) is 12.5. The van der Waals surface area contributed by atoms with Crippen LogP contribution >= 0.6 is 0 Å². The number of aromatic nitrogens is 2. The summed E-state index contributed by atoms with van der Waals surface area (Å²) in [6.45, 7) is 5.88. The topological polar surface area (TPSA) is 44.1 Å². The van der Waals surface area contributed by atoms with Gasteiger partial charge in [-0.1, -0.05) is 55.5 Å². The van der Waals surface area contributed by atoms with Gasteiger partial charge in [-0.2, -0.15) is 5.10 Å². The van der Waals surface area contributed by atoms with Gasteiger partial charge in [-0.05, 0) is 37.5 Å². The van der Waals surface area contributed by atoms with Crippen LogP contribution in [0.4, 0.5) is 0 Å². The third-order valence-corrected chi connectivity index (χ3v) is 4.35. The molecule has 3 aromatic rings. The van der Waals surface area contributed by atoms with E-state index in [0.29, 0.717) is 5.75 Å². The lowest BCUT2D eigenvalue weighted by atomic mass is 10.1. The zero-order valence-electron chi connectivity index (χ0n) is 14.8. The van der Waals surface area contributed by atoms with Gasteiger partial charge in [0.25, 0.3) is 5.91 Å². The molecule has 0 amide bonds. The molecule has 4 heteroatoms. The van der Waals surface area contributed by atoms with E-state index in [4.69, 9.17) is 4.74 Å². The SMILES string of the molecule is CCc1c(C)nn(C(=O)COc2ccccc2-c2ccccc2)c1C. The summed E-state index contributed by atoms with van der Waals surface area (Å²) in [7, 11) is 0. The third-order valence-electron chi connectivity index (χ3n) is 4.35. The van der Waals surface area contributed by atoms with Crippen molar-refractivity contribution in [1.82, 2.24) is 9.78 Å². The van der Waals surface area contributed by atoms with Crippen LogP contribution in [0.3, 0.4) is 0 Å². The number of benzene rings is 2. The summed E-state index contributed by atoms with van der Waals surface area (Å²) in [6.07, 6.45) is 0.864. The molecule has 0 saturated heterocycles. The van der Waals surface area contributed by atoms with Gasteiger partial charge in [0.15, 0.2) is 6.61 Å². The molecule has 0 aliphatic carbocycles. The predicted octanol–water partition coefficient (Wildman–Crippen LogP) is 4.45. The number of nitrogens with zero attached hydrogens (tertiary/aromatic N) is 2. The fraction of sp³-hybridized carbons (Fsp3) is 0.238. The van der Waals surface area contributed by atoms with Crippen molar-refractivity contribution in [1.29, 1.82) is 0 Å². The molecular weight excluding hydrogens is 312 g/mol. The lowest BCUT2D eigenvalue weighted by Crippen LogP contribution is -2.22. The molecule has 0 bridgehead atoms. The summed E-state index contributed by atoms with van der Waals surface area (Å²) in [6, 6.07) is 17.7. The largest absolute Gasteiger partial charge is 0.483 e. The average molecular weight is 334 g/mol. The highest BCUT2D eigenvalue weighted by molar-refractivity contribution is 5.81. The minimum atomic E-state index is -0.164. The molecule has 0 unspecified atom stereocenters. The van der Waals surface area contributed by atoms with Gasteiger partial charge in [-0.3, -0.25) is 4.79 Å². The molecule has 0 atom stereocenters. The first kappa shape index (κ1) is 17.0. The summed E-state index contributed by atoms with van der Waals surface area (Å²) in [5.74, 6) is 0.530. The first-order valence-electron chi connectivity index (χ1n) is 8.47. The third kappa shape index (κ3) is 3.48. The van der Waals surface area contributed by atoms with E-state index in [9.17, 15) is 4.79 Å². The maximum Gasteiger partial charge on any atom is 0.284 e. The summed E-state index contributed by atoms with van der Waals surface area (Å²) < 4.78 is 7.29. The monoisotopic (exact) mass is 334 g/mol. The molecule has 0 spiro atoms. The Bertz CT molecular complexity index is 882. The Morgan fingerprint density at radius 1 is 1.04 bits per heavy atom. The van der Waals surface area contributed by atoms with Crippen molar-refractivity contribution >= 4 is 5.91 Å². The molecule has 0 N–H and O–H groups in total. The van der Waals surface area contributed by atoms with Crippen LogP contribution in [0.15, 0.2) is 54.6 Å². The van der Waals surface area contributed by atoms with Gasteiger partial charge in [0, 0.05) is 11.3 Å². The normalized spacial score (nSPS) is 10.7. The van der Waals surface area contributed by atoms with Crippen LogP contribution in [-0.2, 0) is 6.42 Å². The number of hydrogen-bond acceptors (Lipinski definition) is 3. The number of ether oxygens (including phenoxy) is 1. The van der Waals surface area contributed by atoms with Crippen molar-refractivity contribution in [2.75, 3.05) is 6.61 Å². The number of hydrogen-bond donors (Lipinski definition) is 0. The van der Waals surface area contributed by atoms with Gasteiger partial charge >= 0.3 is 0 Å². The Balaban J connectivity index is 1.80. The minimum Gasteiger partial charge on any atom is -0.483 e. The fourth-order valence-electron chi connectivity index (χ4n) is 3.08. The molecule has 1 aromatic heterocycles. The first-order valence-corrected chi connectivity index (χ1v) is 8.47. The van der Waals surface area contributed by atoms with Crippen LogP contribution in [0.5, 0.6) is 5.75 Å². The smallest absolute Gasteiger partial charge is 0.284 e. The first-order chi connectivity index (χ1) is 12.1. The lowest BCUT2D eigenvalue weighted by molar-refractivity contribution is 0.0818. The number of para-hydroxylation sites is 1. The van der Waals surface area contributed by atoms with Crippen molar-refractivity contribution in [3.63, 3.8) is 0 Å². The van der Waals surface area contributed by atoms with Crippen molar-refractivity contribution in [3.05, 3.63) is 71.5 Å². The van der Waals surface area contributed by atoms with Crippen LogP contribution in [0, 0.1) is 13.8 Å². The number of rotatable bonds is 5. The maximum absolute atomic E-state index is 12.5. The van der Waals surface area contributed by atoms with Crippen LogP contribution in [0.25, 0.3) is 11.1 Å². The molecule has 128 valence electrons. The summed E-state index contributed by atoms with van der Waals surface area (Å²) in [5, 5.41) is 4.36. The molecule has 3 rings (SSSR count). The lowest BCUT2D eigenvalue weighted by Gasteiger charge is -2.11. The van der Waals surface area contributed by atoms with Gasteiger partial charge in [0.1, 0.15) is 5.75 Å². The van der Waals surface area contributed by atoms with Crippen LogP contribution in [0.2, 0.25) is 0 Å². The Morgan fingerprint density at radius 3 is 2.40 bits per heavy atom. The van der Waals surface area contributed by atoms with Crippen LogP contribution < -0.4 is 4.74 Å². The van der Waals surface area contributed by atoms with Gasteiger partial charge in [-0.25, -0.2) is 4.68 Å². The second-order valence-corrected chi connectivity index (χ2v) is 5.96. The summed E-state index contributed by atoms with van der Waals surface area (Å²) >= 11 is 0. The molecular formula is C21H22N2O2. The predicted molar refractivity (Wildman–Crippen MR) is 99.1 cm³/mol. The molecule has 2 aromatic carbocycles. The van der Waals surface area contributed by atoms with Crippen molar-refractivity contribution in [3.8, 4) is 16.9 Å². The van der Waals surface area contributed by atoms with Crippen LogP contribution in [0.1, 0.15) is 28.7 Å². The number of carbonyl (C=O) groups is 1. The van der Waals surface area contributed by atoms with Crippen LogP contribution in [-0.4, -0.2) is 22.3 Å².